The number of carbonyl (C=O) groups is 1. The standard InChI is InChI=1S/C10H9F2IN2O4/c1-2-19-8(16)3-5-7(15(17)18)4-6(9(11)12)14-10(5)13/h4,9H,2-3H2,1H3. The van der Waals surface area contributed by atoms with Crippen molar-refractivity contribution in [1.29, 1.82) is 0 Å². The minimum Gasteiger partial charge on any atom is -0.466 e. The summed E-state index contributed by atoms with van der Waals surface area (Å²) in [5.41, 5.74) is -1.26. The highest BCUT2D eigenvalue weighted by molar-refractivity contribution is 14.1. The Morgan fingerprint density at radius 1 is 1.63 bits per heavy atom. The van der Waals surface area contributed by atoms with E-state index >= 15 is 0 Å². The maximum absolute atomic E-state index is 12.5. The van der Waals surface area contributed by atoms with E-state index in [1.54, 1.807) is 29.5 Å². The Morgan fingerprint density at radius 3 is 2.74 bits per heavy atom. The highest BCUT2D eigenvalue weighted by Gasteiger charge is 2.25. The largest absolute Gasteiger partial charge is 0.466 e. The van der Waals surface area contributed by atoms with Crippen molar-refractivity contribution in [3.8, 4) is 0 Å². The van der Waals surface area contributed by atoms with Crippen LogP contribution in [0.4, 0.5) is 14.5 Å². The minimum absolute atomic E-state index is 0.00449. The van der Waals surface area contributed by atoms with Crippen molar-refractivity contribution in [2.45, 2.75) is 19.8 Å². The molecular weight excluding hydrogens is 377 g/mol. The van der Waals surface area contributed by atoms with Crippen molar-refractivity contribution in [1.82, 2.24) is 4.98 Å². The average Bonchev–Trinajstić information content (AvgIpc) is 2.31. The van der Waals surface area contributed by atoms with E-state index in [4.69, 9.17) is 0 Å². The Morgan fingerprint density at radius 2 is 2.26 bits per heavy atom. The maximum Gasteiger partial charge on any atom is 0.310 e. The molecular formula is C10H9F2IN2O4. The minimum atomic E-state index is -2.91. The summed E-state index contributed by atoms with van der Waals surface area (Å²) in [5, 5.41) is 10.9. The van der Waals surface area contributed by atoms with Gasteiger partial charge in [0.05, 0.1) is 23.5 Å². The summed E-state index contributed by atoms with van der Waals surface area (Å²) >= 11 is 1.58. The number of rotatable bonds is 5. The number of pyridine rings is 1. The van der Waals surface area contributed by atoms with E-state index in [0.717, 1.165) is 0 Å². The quantitative estimate of drug-likeness (QED) is 0.256. The molecule has 0 saturated heterocycles. The van der Waals surface area contributed by atoms with Crippen LogP contribution in [0, 0.1) is 13.8 Å². The third-order valence-electron chi connectivity index (χ3n) is 2.12. The lowest BCUT2D eigenvalue weighted by Crippen LogP contribution is -2.12. The van der Waals surface area contributed by atoms with E-state index in [2.05, 4.69) is 9.72 Å². The number of esters is 1. The van der Waals surface area contributed by atoms with Crippen LogP contribution >= 0.6 is 22.6 Å². The number of ether oxygens (including phenoxy) is 1. The molecule has 0 amide bonds. The zero-order valence-electron chi connectivity index (χ0n) is 9.73. The molecule has 0 fully saturated rings. The first kappa shape index (κ1) is 15.7. The van der Waals surface area contributed by atoms with Crippen LogP contribution in [-0.2, 0) is 16.0 Å². The Hall–Kier alpha value is -1.39. The molecule has 0 unspecified atom stereocenters. The monoisotopic (exact) mass is 386 g/mol. The van der Waals surface area contributed by atoms with Crippen molar-refractivity contribution < 1.29 is 23.2 Å². The third-order valence-corrected chi connectivity index (χ3v) is 3.01. The highest BCUT2D eigenvalue weighted by Crippen LogP contribution is 2.28. The molecule has 19 heavy (non-hydrogen) atoms. The van der Waals surface area contributed by atoms with Crippen LogP contribution in [0.2, 0.25) is 0 Å². The van der Waals surface area contributed by atoms with Crippen molar-refractivity contribution in [3.63, 3.8) is 0 Å². The van der Waals surface area contributed by atoms with Gasteiger partial charge < -0.3 is 4.74 Å². The number of alkyl halides is 2. The van der Waals surface area contributed by atoms with Gasteiger partial charge in [0, 0.05) is 6.07 Å². The van der Waals surface area contributed by atoms with Gasteiger partial charge in [0.15, 0.2) is 0 Å². The van der Waals surface area contributed by atoms with Crippen LogP contribution in [0.3, 0.4) is 0 Å². The number of hydrogen-bond donors (Lipinski definition) is 0. The molecule has 0 N–H and O–H groups in total. The van der Waals surface area contributed by atoms with Gasteiger partial charge in [0.1, 0.15) is 9.39 Å². The van der Waals surface area contributed by atoms with Crippen LogP contribution in [-0.4, -0.2) is 22.5 Å². The third kappa shape index (κ3) is 4.04. The summed E-state index contributed by atoms with van der Waals surface area (Å²) in [6, 6.07) is 0.682. The normalized spacial score (nSPS) is 10.6. The number of halogens is 3. The first-order chi connectivity index (χ1) is 8.86. The second kappa shape index (κ2) is 6.68. The van der Waals surface area contributed by atoms with Gasteiger partial charge in [-0.05, 0) is 29.5 Å². The molecule has 1 aromatic rings. The molecule has 0 aliphatic rings. The fourth-order valence-corrected chi connectivity index (χ4v) is 2.09. The topological polar surface area (TPSA) is 82.3 Å². The molecule has 0 aliphatic heterocycles. The van der Waals surface area contributed by atoms with Crippen LogP contribution in [0.15, 0.2) is 6.07 Å². The van der Waals surface area contributed by atoms with Crippen LogP contribution in [0.5, 0.6) is 0 Å². The van der Waals surface area contributed by atoms with Gasteiger partial charge in [-0.1, -0.05) is 0 Å². The molecule has 6 nitrogen and oxygen atoms in total. The SMILES string of the molecule is CCOC(=O)Cc1c([N+](=O)[O-])cc(C(F)F)nc1I. The number of nitro groups is 1. The molecule has 0 radical (unpaired) electrons. The summed E-state index contributed by atoms with van der Waals surface area (Å²) in [5.74, 6) is -0.671. The lowest BCUT2D eigenvalue weighted by molar-refractivity contribution is -0.385. The number of hydrogen-bond acceptors (Lipinski definition) is 5. The van der Waals surface area contributed by atoms with Crippen LogP contribution in [0.25, 0.3) is 0 Å². The van der Waals surface area contributed by atoms with E-state index in [1.807, 2.05) is 0 Å². The molecule has 104 valence electrons. The van der Waals surface area contributed by atoms with Gasteiger partial charge >= 0.3 is 5.97 Å². The van der Waals surface area contributed by atoms with E-state index in [-0.39, 0.29) is 22.3 Å². The number of aromatic nitrogens is 1. The summed E-state index contributed by atoms with van der Waals surface area (Å²) in [6.07, 6.45) is -3.29. The first-order valence-corrected chi connectivity index (χ1v) is 6.22. The zero-order chi connectivity index (χ0) is 14.6. The molecule has 0 atom stereocenters. The van der Waals surface area contributed by atoms with Gasteiger partial charge in [0.2, 0.25) is 0 Å². The Labute approximate surface area is 120 Å². The van der Waals surface area contributed by atoms with E-state index in [9.17, 15) is 23.7 Å². The Balaban J connectivity index is 3.22. The number of carbonyl (C=O) groups excluding carboxylic acids is 1. The van der Waals surface area contributed by atoms with Gasteiger partial charge in [-0.25, -0.2) is 13.8 Å². The number of nitrogens with zero attached hydrogens (tertiary/aromatic N) is 2. The second-order valence-electron chi connectivity index (χ2n) is 3.38. The zero-order valence-corrected chi connectivity index (χ0v) is 11.9. The Bertz CT molecular complexity index is 511. The molecule has 1 rings (SSSR count). The lowest BCUT2D eigenvalue weighted by atomic mass is 10.1. The van der Waals surface area contributed by atoms with Crippen molar-refractivity contribution in [2.75, 3.05) is 6.61 Å². The van der Waals surface area contributed by atoms with Crippen molar-refractivity contribution in [2.24, 2.45) is 0 Å². The smallest absolute Gasteiger partial charge is 0.310 e. The second-order valence-corrected chi connectivity index (χ2v) is 4.40. The molecule has 0 spiro atoms. The van der Waals surface area contributed by atoms with Crippen LogP contribution in [0.1, 0.15) is 24.6 Å². The summed E-state index contributed by atoms with van der Waals surface area (Å²) in [4.78, 5) is 24.9. The van der Waals surface area contributed by atoms with E-state index < -0.39 is 28.7 Å². The maximum atomic E-state index is 12.5. The predicted molar refractivity (Wildman–Crippen MR) is 68.9 cm³/mol. The summed E-state index contributed by atoms with van der Waals surface area (Å²) in [7, 11) is 0. The summed E-state index contributed by atoms with van der Waals surface area (Å²) in [6.45, 7) is 1.72. The summed E-state index contributed by atoms with van der Waals surface area (Å²) < 4.78 is 29.7. The molecule has 0 aliphatic carbocycles. The molecule has 1 heterocycles. The fraction of sp³-hybridized carbons (Fsp3) is 0.400. The van der Waals surface area contributed by atoms with Crippen molar-refractivity contribution in [3.05, 3.63) is 31.1 Å². The molecule has 0 aromatic carbocycles. The van der Waals surface area contributed by atoms with Gasteiger partial charge in [-0.3, -0.25) is 14.9 Å². The van der Waals surface area contributed by atoms with Gasteiger partial charge in [-0.15, -0.1) is 0 Å². The van der Waals surface area contributed by atoms with E-state index in [1.165, 1.54) is 0 Å². The highest BCUT2D eigenvalue weighted by atomic mass is 127. The molecule has 0 saturated carbocycles. The average molecular weight is 386 g/mol. The molecule has 9 heteroatoms. The van der Waals surface area contributed by atoms with E-state index in [0.29, 0.717) is 6.07 Å². The van der Waals surface area contributed by atoms with Gasteiger partial charge in [-0.2, -0.15) is 0 Å². The lowest BCUT2D eigenvalue weighted by Gasteiger charge is -2.07. The first-order valence-electron chi connectivity index (χ1n) is 5.14. The predicted octanol–water partition coefficient (Wildman–Crippen LogP) is 2.64. The van der Waals surface area contributed by atoms with Gasteiger partial charge in [0.25, 0.3) is 12.1 Å². The van der Waals surface area contributed by atoms with Crippen LogP contribution < -0.4 is 0 Å². The molecule has 1 aromatic heterocycles. The Kier molecular flexibility index (Phi) is 5.51. The fourth-order valence-electron chi connectivity index (χ4n) is 1.34. The van der Waals surface area contributed by atoms with Crippen molar-refractivity contribution >= 4 is 34.2 Å². The molecule has 0 bridgehead atoms.